The van der Waals surface area contributed by atoms with Gasteiger partial charge in [-0.25, -0.2) is 4.98 Å². The Morgan fingerprint density at radius 1 is 0.500 bits per heavy atom. The van der Waals surface area contributed by atoms with Crippen molar-refractivity contribution in [3.8, 4) is 0 Å². The molecule has 0 radical (unpaired) electrons. The highest BCUT2D eigenvalue weighted by Crippen LogP contribution is 2.26. The molecular weight excluding hydrogens is 558 g/mol. The summed E-state index contributed by atoms with van der Waals surface area (Å²) in [6.45, 7) is 2.31. The molecular formula is C43H71N3. The van der Waals surface area contributed by atoms with Gasteiger partial charge in [0.25, 0.3) is 0 Å². The van der Waals surface area contributed by atoms with Crippen molar-refractivity contribution >= 4 is 21.8 Å². The van der Waals surface area contributed by atoms with Gasteiger partial charge in [0.1, 0.15) is 0 Å². The molecule has 0 aliphatic heterocycles. The number of unbranched alkanes of at least 4 members (excludes halogenated alkanes) is 17. The predicted molar refractivity (Wildman–Crippen MR) is 205 cm³/mol. The van der Waals surface area contributed by atoms with Gasteiger partial charge in [-0.05, 0) is 84.1 Å². The molecule has 3 nitrogen and oxygen atoms in total. The standard InChI is InChI=1S/C43H71N3/c1-6-7-8-9-10-11-12-13-14-15-16-17-18-19-20-21-22-23-29-39(45(2)3)34-35-40(46(4)5)33-32-37-28-26-31-43-41(37)36-38-27-24-25-30-42(38)44-43/h24-28,30-31,36,39-40H,6-23,29,32-35H2,1-5H3. The maximum absolute atomic E-state index is 4.95. The maximum Gasteiger partial charge on any atom is 0.0712 e. The third kappa shape index (κ3) is 14.8. The Bertz CT molecular complexity index is 1190. The summed E-state index contributed by atoms with van der Waals surface area (Å²) in [6.07, 6.45) is 32.2. The zero-order valence-corrected chi connectivity index (χ0v) is 30.9. The summed E-state index contributed by atoms with van der Waals surface area (Å²) in [6, 6.07) is 18.8. The molecule has 2 aromatic carbocycles. The molecule has 1 heterocycles. The van der Waals surface area contributed by atoms with Crippen molar-refractivity contribution < 1.29 is 0 Å². The number of aromatic nitrogens is 1. The highest BCUT2D eigenvalue weighted by Gasteiger charge is 2.18. The fraction of sp³-hybridized carbons (Fsp3) is 0.698. The molecule has 2 unspecified atom stereocenters. The van der Waals surface area contributed by atoms with Crippen LogP contribution in [0.5, 0.6) is 0 Å². The number of rotatable bonds is 27. The first-order valence-corrected chi connectivity index (χ1v) is 19.6. The van der Waals surface area contributed by atoms with Gasteiger partial charge in [0.2, 0.25) is 0 Å². The van der Waals surface area contributed by atoms with E-state index < -0.39 is 0 Å². The Hall–Kier alpha value is -1.97. The molecule has 0 saturated heterocycles. The number of pyridine rings is 1. The van der Waals surface area contributed by atoms with Crippen molar-refractivity contribution in [2.45, 2.75) is 167 Å². The van der Waals surface area contributed by atoms with Gasteiger partial charge in [0.15, 0.2) is 0 Å². The molecule has 0 fully saturated rings. The molecule has 0 amide bonds. The molecule has 258 valence electrons. The van der Waals surface area contributed by atoms with Crippen LogP contribution in [0.15, 0.2) is 48.5 Å². The lowest BCUT2D eigenvalue weighted by Crippen LogP contribution is -2.33. The van der Waals surface area contributed by atoms with E-state index in [1.807, 2.05) is 0 Å². The third-order valence-electron chi connectivity index (χ3n) is 10.6. The van der Waals surface area contributed by atoms with Gasteiger partial charge in [0.05, 0.1) is 11.0 Å². The van der Waals surface area contributed by atoms with Crippen LogP contribution >= 0.6 is 0 Å². The maximum atomic E-state index is 4.95. The van der Waals surface area contributed by atoms with Crippen molar-refractivity contribution in [1.82, 2.24) is 14.8 Å². The van der Waals surface area contributed by atoms with Gasteiger partial charge in [-0.3, -0.25) is 0 Å². The zero-order valence-electron chi connectivity index (χ0n) is 30.9. The molecule has 0 aliphatic rings. The largest absolute Gasteiger partial charge is 0.306 e. The number of fused-ring (bicyclic) bond motifs is 2. The predicted octanol–water partition coefficient (Wildman–Crippen LogP) is 12.4. The van der Waals surface area contributed by atoms with Crippen LogP contribution in [0.3, 0.4) is 0 Å². The molecule has 3 heteroatoms. The van der Waals surface area contributed by atoms with Crippen LogP contribution in [0.1, 0.15) is 154 Å². The van der Waals surface area contributed by atoms with Gasteiger partial charge in [0, 0.05) is 22.9 Å². The Morgan fingerprint density at radius 3 is 1.52 bits per heavy atom. The molecule has 0 N–H and O–H groups in total. The van der Waals surface area contributed by atoms with Gasteiger partial charge < -0.3 is 9.80 Å². The van der Waals surface area contributed by atoms with E-state index in [1.54, 1.807) is 0 Å². The molecule has 3 rings (SSSR count). The highest BCUT2D eigenvalue weighted by atomic mass is 15.1. The van der Waals surface area contributed by atoms with E-state index in [-0.39, 0.29) is 0 Å². The summed E-state index contributed by atoms with van der Waals surface area (Å²) in [4.78, 5) is 9.90. The van der Waals surface area contributed by atoms with E-state index >= 15 is 0 Å². The van der Waals surface area contributed by atoms with Crippen LogP contribution in [-0.4, -0.2) is 55.1 Å². The Kier molecular flexibility index (Phi) is 19.5. The van der Waals surface area contributed by atoms with E-state index in [1.165, 1.54) is 158 Å². The minimum Gasteiger partial charge on any atom is -0.306 e. The van der Waals surface area contributed by atoms with Crippen LogP contribution < -0.4 is 0 Å². The average Bonchev–Trinajstić information content (AvgIpc) is 3.05. The molecule has 3 aromatic rings. The third-order valence-corrected chi connectivity index (χ3v) is 10.6. The SMILES string of the molecule is CCCCCCCCCCCCCCCCCCCCC(CCC(CCc1cccc2nc3ccccc3cc12)N(C)C)N(C)C. The van der Waals surface area contributed by atoms with Crippen LogP contribution in [0, 0.1) is 0 Å². The average molecular weight is 630 g/mol. The number of hydrogen-bond acceptors (Lipinski definition) is 3. The lowest BCUT2D eigenvalue weighted by Gasteiger charge is -2.29. The van der Waals surface area contributed by atoms with Gasteiger partial charge in [-0.2, -0.15) is 0 Å². The summed E-state index contributed by atoms with van der Waals surface area (Å²) in [5, 5.41) is 2.55. The molecule has 46 heavy (non-hydrogen) atoms. The second kappa shape index (κ2) is 23.4. The topological polar surface area (TPSA) is 19.4 Å². The monoisotopic (exact) mass is 630 g/mol. The first kappa shape index (κ1) is 38.5. The second-order valence-electron chi connectivity index (χ2n) is 14.8. The fourth-order valence-electron chi connectivity index (χ4n) is 7.39. The quantitative estimate of drug-likeness (QED) is 0.0618. The highest BCUT2D eigenvalue weighted by molar-refractivity contribution is 5.94. The summed E-state index contributed by atoms with van der Waals surface area (Å²) in [5.74, 6) is 0. The first-order valence-electron chi connectivity index (χ1n) is 19.6. The molecule has 0 spiro atoms. The van der Waals surface area contributed by atoms with Crippen LogP contribution in [0.25, 0.3) is 21.8 Å². The van der Waals surface area contributed by atoms with Gasteiger partial charge in [-0.15, -0.1) is 0 Å². The normalized spacial score (nSPS) is 13.4. The van der Waals surface area contributed by atoms with Crippen molar-refractivity contribution in [1.29, 1.82) is 0 Å². The zero-order chi connectivity index (χ0) is 32.8. The number of hydrogen-bond donors (Lipinski definition) is 0. The van der Waals surface area contributed by atoms with E-state index in [4.69, 9.17) is 4.98 Å². The summed E-state index contributed by atoms with van der Waals surface area (Å²) in [5.41, 5.74) is 3.64. The number of nitrogens with zero attached hydrogens (tertiary/aromatic N) is 3. The lowest BCUT2D eigenvalue weighted by atomic mass is 9.94. The minimum atomic E-state index is 0.603. The van der Waals surface area contributed by atoms with Crippen LogP contribution in [0.4, 0.5) is 0 Å². The fourth-order valence-corrected chi connectivity index (χ4v) is 7.39. The summed E-state index contributed by atoms with van der Waals surface area (Å²) >= 11 is 0. The molecule has 1 aromatic heterocycles. The van der Waals surface area contributed by atoms with Gasteiger partial charge >= 0.3 is 0 Å². The van der Waals surface area contributed by atoms with E-state index in [0.717, 1.165) is 17.5 Å². The Labute approximate surface area is 284 Å². The number of para-hydroxylation sites is 1. The van der Waals surface area contributed by atoms with E-state index in [9.17, 15) is 0 Å². The lowest BCUT2D eigenvalue weighted by molar-refractivity contribution is 0.208. The van der Waals surface area contributed by atoms with Crippen molar-refractivity contribution in [2.24, 2.45) is 0 Å². The van der Waals surface area contributed by atoms with E-state index in [0.29, 0.717) is 12.1 Å². The molecule has 0 saturated carbocycles. The van der Waals surface area contributed by atoms with Crippen molar-refractivity contribution in [3.05, 3.63) is 54.1 Å². The van der Waals surface area contributed by atoms with E-state index in [2.05, 4.69) is 93.4 Å². The summed E-state index contributed by atoms with van der Waals surface area (Å²) < 4.78 is 0. The first-order chi connectivity index (χ1) is 22.5. The Morgan fingerprint density at radius 2 is 0.978 bits per heavy atom. The molecule has 2 atom stereocenters. The van der Waals surface area contributed by atoms with Crippen LogP contribution in [0.2, 0.25) is 0 Å². The van der Waals surface area contributed by atoms with Crippen LogP contribution in [-0.2, 0) is 6.42 Å². The second-order valence-corrected chi connectivity index (χ2v) is 14.8. The summed E-state index contributed by atoms with van der Waals surface area (Å²) in [7, 11) is 9.12. The van der Waals surface area contributed by atoms with Crippen molar-refractivity contribution in [2.75, 3.05) is 28.2 Å². The number of benzene rings is 2. The van der Waals surface area contributed by atoms with Gasteiger partial charge in [-0.1, -0.05) is 153 Å². The smallest absolute Gasteiger partial charge is 0.0712 e. The molecule has 0 aliphatic carbocycles. The number of aryl methyl sites for hydroxylation is 1. The minimum absolute atomic E-state index is 0.603. The van der Waals surface area contributed by atoms with Crippen molar-refractivity contribution in [3.63, 3.8) is 0 Å². The Balaban J connectivity index is 1.25. The molecule has 0 bridgehead atoms.